The molecule has 8 heteroatoms. The van der Waals surface area contributed by atoms with Crippen LogP contribution >= 0.6 is 12.2 Å². The van der Waals surface area contributed by atoms with Gasteiger partial charge in [0.05, 0.1) is 17.0 Å². The molecule has 0 aliphatic carbocycles. The van der Waals surface area contributed by atoms with Gasteiger partial charge in [-0.2, -0.15) is 0 Å². The zero-order chi connectivity index (χ0) is 13.4. The van der Waals surface area contributed by atoms with Crippen molar-refractivity contribution in [2.75, 3.05) is 16.8 Å². The van der Waals surface area contributed by atoms with Crippen molar-refractivity contribution in [1.29, 1.82) is 0 Å². The Kier molecular flexibility index (Phi) is 3.33. The van der Waals surface area contributed by atoms with Gasteiger partial charge in [-0.25, -0.2) is 8.42 Å². The number of sulfone groups is 1. The maximum Gasteiger partial charge on any atom is 0.175 e. The van der Waals surface area contributed by atoms with Gasteiger partial charge in [-0.1, -0.05) is 5.16 Å². The molecule has 0 bridgehead atoms. The lowest BCUT2D eigenvalue weighted by atomic mass is 10.0. The Morgan fingerprint density at radius 1 is 1.61 bits per heavy atom. The topological polar surface area (TPSA) is 84.2 Å². The molecule has 0 spiro atoms. The van der Waals surface area contributed by atoms with Crippen LogP contribution in [0.4, 0.5) is 5.82 Å². The van der Waals surface area contributed by atoms with Crippen LogP contribution in [0.1, 0.15) is 19.1 Å². The van der Waals surface area contributed by atoms with Crippen LogP contribution in [0, 0.1) is 6.92 Å². The number of nitrogens with one attached hydrogen (secondary N) is 2. The second-order valence-corrected chi connectivity index (χ2v) is 7.40. The first-order chi connectivity index (χ1) is 8.28. The van der Waals surface area contributed by atoms with Crippen LogP contribution in [-0.2, 0) is 9.84 Å². The largest absolute Gasteiger partial charge is 0.360 e. The minimum Gasteiger partial charge on any atom is -0.360 e. The van der Waals surface area contributed by atoms with Crippen LogP contribution < -0.4 is 10.6 Å². The highest BCUT2D eigenvalue weighted by Crippen LogP contribution is 2.22. The van der Waals surface area contributed by atoms with Crippen LogP contribution in [0.2, 0.25) is 0 Å². The molecule has 2 N–H and O–H groups in total. The number of hydrogen-bond donors (Lipinski definition) is 2. The van der Waals surface area contributed by atoms with Gasteiger partial charge in [0.25, 0.3) is 0 Å². The van der Waals surface area contributed by atoms with Gasteiger partial charge in [-0.3, -0.25) is 0 Å². The van der Waals surface area contributed by atoms with Gasteiger partial charge in [0.1, 0.15) is 5.76 Å². The molecule has 1 fully saturated rings. The number of aromatic nitrogens is 1. The molecule has 0 aromatic carbocycles. The monoisotopic (exact) mass is 289 g/mol. The molecule has 2 rings (SSSR count). The molecule has 18 heavy (non-hydrogen) atoms. The van der Waals surface area contributed by atoms with E-state index < -0.39 is 15.4 Å². The van der Waals surface area contributed by atoms with Crippen LogP contribution in [0.25, 0.3) is 0 Å². The first-order valence-corrected chi connectivity index (χ1v) is 7.74. The molecule has 0 unspecified atom stereocenters. The number of hydrogen-bond acceptors (Lipinski definition) is 5. The number of aryl methyl sites for hydroxylation is 1. The van der Waals surface area contributed by atoms with Crippen molar-refractivity contribution in [3.8, 4) is 0 Å². The van der Waals surface area contributed by atoms with Crippen molar-refractivity contribution in [2.45, 2.75) is 25.8 Å². The highest BCUT2D eigenvalue weighted by Gasteiger charge is 2.38. The highest BCUT2D eigenvalue weighted by molar-refractivity contribution is 7.91. The molecular weight excluding hydrogens is 274 g/mol. The second kappa shape index (κ2) is 4.51. The minimum absolute atomic E-state index is 0.0969. The number of anilines is 1. The van der Waals surface area contributed by atoms with Crippen molar-refractivity contribution in [1.82, 2.24) is 10.5 Å². The quantitative estimate of drug-likeness (QED) is 0.781. The van der Waals surface area contributed by atoms with Crippen molar-refractivity contribution >= 4 is 33.0 Å². The Bertz CT molecular complexity index is 567. The van der Waals surface area contributed by atoms with E-state index >= 15 is 0 Å². The summed E-state index contributed by atoms with van der Waals surface area (Å²) >= 11 is 5.13. The normalized spacial score (nSPS) is 25.9. The predicted molar refractivity (Wildman–Crippen MR) is 72.3 cm³/mol. The van der Waals surface area contributed by atoms with E-state index in [9.17, 15) is 8.42 Å². The first-order valence-electron chi connectivity index (χ1n) is 5.51. The van der Waals surface area contributed by atoms with Gasteiger partial charge in [-0.15, -0.1) is 0 Å². The van der Waals surface area contributed by atoms with Crippen LogP contribution in [0.3, 0.4) is 0 Å². The van der Waals surface area contributed by atoms with E-state index in [4.69, 9.17) is 16.7 Å². The van der Waals surface area contributed by atoms with Crippen LogP contribution in [0.5, 0.6) is 0 Å². The van der Waals surface area contributed by atoms with Crippen molar-refractivity contribution in [2.24, 2.45) is 0 Å². The second-order valence-electron chi connectivity index (χ2n) is 4.80. The SMILES string of the molecule is Cc1cc(NC(=S)N[C@@]2(C)CCS(=O)(=O)C2)no1. The van der Waals surface area contributed by atoms with E-state index in [0.29, 0.717) is 23.1 Å². The third-order valence-electron chi connectivity index (χ3n) is 2.79. The summed E-state index contributed by atoms with van der Waals surface area (Å²) in [7, 11) is -2.95. The van der Waals surface area contributed by atoms with E-state index in [1.807, 2.05) is 6.92 Å². The zero-order valence-electron chi connectivity index (χ0n) is 10.2. The fraction of sp³-hybridized carbons (Fsp3) is 0.600. The van der Waals surface area contributed by atoms with Crippen LogP contribution in [-0.4, -0.2) is 35.7 Å². The summed E-state index contributed by atoms with van der Waals surface area (Å²) in [5.74, 6) is 1.48. The van der Waals surface area contributed by atoms with Gasteiger partial charge in [-0.05, 0) is 32.5 Å². The summed E-state index contributed by atoms with van der Waals surface area (Å²) < 4.78 is 27.8. The molecule has 2 heterocycles. The van der Waals surface area contributed by atoms with E-state index in [1.54, 1.807) is 13.0 Å². The standard InChI is InChI=1S/C10H15N3O3S2/c1-7-5-8(13-16-7)11-9(17)12-10(2)3-4-18(14,15)6-10/h5H,3-4,6H2,1-2H3,(H2,11,12,13,17)/t10-/m0/s1. The fourth-order valence-electron chi connectivity index (χ4n) is 1.96. The predicted octanol–water partition coefficient (Wildman–Crippen LogP) is 0.847. The molecular formula is C10H15N3O3S2. The van der Waals surface area contributed by atoms with E-state index in [1.165, 1.54) is 0 Å². The average Bonchev–Trinajstić information content (AvgIpc) is 2.70. The molecule has 0 amide bonds. The lowest BCUT2D eigenvalue weighted by molar-refractivity contribution is 0.400. The number of nitrogens with zero attached hydrogens (tertiary/aromatic N) is 1. The molecule has 1 aliphatic rings. The molecule has 6 nitrogen and oxygen atoms in total. The Balaban J connectivity index is 1.96. The van der Waals surface area contributed by atoms with Gasteiger partial charge < -0.3 is 15.2 Å². The Morgan fingerprint density at radius 3 is 2.83 bits per heavy atom. The molecule has 1 atom stereocenters. The molecule has 1 saturated heterocycles. The zero-order valence-corrected chi connectivity index (χ0v) is 11.8. The lowest BCUT2D eigenvalue weighted by Crippen LogP contribution is -2.48. The molecule has 1 aliphatic heterocycles. The lowest BCUT2D eigenvalue weighted by Gasteiger charge is -2.25. The minimum atomic E-state index is -2.95. The van der Waals surface area contributed by atoms with E-state index in [-0.39, 0.29) is 11.5 Å². The number of thiocarbonyl (C=S) groups is 1. The Hall–Kier alpha value is -1.15. The highest BCUT2D eigenvalue weighted by atomic mass is 32.2. The van der Waals surface area contributed by atoms with Gasteiger partial charge in [0, 0.05) is 6.07 Å². The average molecular weight is 289 g/mol. The molecule has 1 aromatic rings. The van der Waals surface area contributed by atoms with Crippen molar-refractivity contribution < 1.29 is 12.9 Å². The summed E-state index contributed by atoms with van der Waals surface area (Å²) in [4.78, 5) is 0. The van der Waals surface area contributed by atoms with Gasteiger partial charge in [0.15, 0.2) is 20.8 Å². The van der Waals surface area contributed by atoms with Crippen LogP contribution in [0.15, 0.2) is 10.6 Å². The summed E-state index contributed by atoms with van der Waals surface area (Å²) in [6, 6.07) is 1.71. The van der Waals surface area contributed by atoms with Gasteiger partial charge >= 0.3 is 0 Å². The molecule has 0 saturated carbocycles. The maximum absolute atomic E-state index is 11.5. The van der Waals surface area contributed by atoms with E-state index in [2.05, 4.69) is 15.8 Å². The molecule has 1 aromatic heterocycles. The Morgan fingerprint density at radius 2 is 2.33 bits per heavy atom. The summed E-state index contributed by atoms with van der Waals surface area (Å²) in [6.45, 7) is 3.62. The van der Waals surface area contributed by atoms with Crippen molar-refractivity contribution in [3.05, 3.63) is 11.8 Å². The third-order valence-corrected chi connectivity index (χ3v) is 4.90. The molecule has 0 radical (unpaired) electrons. The van der Waals surface area contributed by atoms with Crippen molar-refractivity contribution in [3.63, 3.8) is 0 Å². The third kappa shape index (κ3) is 3.20. The summed E-state index contributed by atoms with van der Waals surface area (Å²) in [6.07, 6.45) is 0.551. The maximum atomic E-state index is 11.5. The summed E-state index contributed by atoms with van der Waals surface area (Å²) in [5, 5.41) is 9.99. The fourth-order valence-corrected chi connectivity index (χ4v) is 4.40. The van der Waals surface area contributed by atoms with E-state index in [0.717, 1.165) is 0 Å². The summed E-state index contributed by atoms with van der Waals surface area (Å²) in [5.41, 5.74) is -0.512. The Labute approximate surface area is 111 Å². The first kappa shape index (κ1) is 13.3. The smallest absolute Gasteiger partial charge is 0.175 e. The van der Waals surface area contributed by atoms with Gasteiger partial charge in [0.2, 0.25) is 0 Å². The number of rotatable bonds is 2. The molecule has 100 valence electrons.